The van der Waals surface area contributed by atoms with Crippen molar-refractivity contribution in [2.45, 2.75) is 17.7 Å². The molecule has 5 rings (SSSR count). The van der Waals surface area contributed by atoms with Gasteiger partial charge >= 0.3 is 0 Å². The fraction of sp³-hybridized carbons (Fsp3) is 0.304. The largest absolute Gasteiger partial charge is 0.459 e. The molecule has 3 aromatic rings. The minimum atomic E-state index is -0.237. The molecule has 1 spiro atoms. The standard InChI is InChI=1S/C23H22N2O3S/c26-21(19-8-3-6-17-5-1-2-7-18(17)19)24-12-10-23(11-13-24)25(14-16-29-23)22(27)20-9-4-15-28-20/h1-9,15H,10-14,16H2. The van der Waals surface area contributed by atoms with Crippen molar-refractivity contribution < 1.29 is 14.0 Å². The van der Waals surface area contributed by atoms with E-state index in [0.717, 1.165) is 41.5 Å². The molecular formula is C23H22N2O3S. The minimum absolute atomic E-state index is 0.0474. The van der Waals surface area contributed by atoms with E-state index in [4.69, 9.17) is 4.42 Å². The number of nitrogens with zero attached hydrogens (tertiary/aromatic N) is 2. The maximum absolute atomic E-state index is 13.2. The number of likely N-dealkylation sites (tertiary alicyclic amines) is 1. The third-order valence-corrected chi connectivity index (χ3v) is 7.56. The number of hydrogen-bond donors (Lipinski definition) is 0. The molecule has 0 bridgehead atoms. The Hall–Kier alpha value is -2.73. The van der Waals surface area contributed by atoms with E-state index < -0.39 is 0 Å². The van der Waals surface area contributed by atoms with Crippen molar-refractivity contribution in [3.8, 4) is 0 Å². The normalized spacial score (nSPS) is 18.5. The molecule has 2 amide bonds. The molecular weight excluding hydrogens is 384 g/mol. The average Bonchev–Trinajstić information content (AvgIpc) is 3.44. The van der Waals surface area contributed by atoms with Crippen LogP contribution >= 0.6 is 11.8 Å². The molecule has 2 aliphatic heterocycles. The second-order valence-corrected chi connectivity index (χ2v) is 9.00. The lowest BCUT2D eigenvalue weighted by Crippen LogP contribution is -2.53. The molecule has 0 N–H and O–H groups in total. The van der Waals surface area contributed by atoms with Gasteiger partial charge in [-0.15, -0.1) is 11.8 Å². The molecule has 0 atom stereocenters. The number of amides is 2. The molecule has 2 saturated heterocycles. The lowest BCUT2D eigenvalue weighted by Gasteiger charge is -2.43. The Labute approximate surface area is 173 Å². The van der Waals surface area contributed by atoms with Gasteiger partial charge in [-0.05, 0) is 41.8 Å². The van der Waals surface area contributed by atoms with E-state index >= 15 is 0 Å². The van der Waals surface area contributed by atoms with Gasteiger partial charge in [0, 0.05) is 31.0 Å². The molecule has 0 aliphatic carbocycles. The van der Waals surface area contributed by atoms with E-state index in [1.54, 1.807) is 12.1 Å². The third kappa shape index (κ3) is 3.12. The van der Waals surface area contributed by atoms with Crippen LogP contribution in [0.15, 0.2) is 65.3 Å². The highest BCUT2D eigenvalue weighted by Gasteiger charge is 2.47. The van der Waals surface area contributed by atoms with Gasteiger partial charge in [0.2, 0.25) is 0 Å². The summed E-state index contributed by atoms with van der Waals surface area (Å²) < 4.78 is 5.33. The Morgan fingerprint density at radius 1 is 0.897 bits per heavy atom. The van der Waals surface area contributed by atoms with Crippen molar-refractivity contribution >= 4 is 34.3 Å². The number of carbonyl (C=O) groups is 2. The first-order valence-corrected chi connectivity index (χ1v) is 10.9. The highest BCUT2D eigenvalue weighted by molar-refractivity contribution is 8.00. The van der Waals surface area contributed by atoms with Gasteiger partial charge in [-0.2, -0.15) is 0 Å². The molecule has 2 aromatic carbocycles. The topological polar surface area (TPSA) is 53.8 Å². The van der Waals surface area contributed by atoms with Crippen LogP contribution in [-0.2, 0) is 0 Å². The van der Waals surface area contributed by atoms with Gasteiger partial charge in [-0.25, -0.2) is 0 Å². The van der Waals surface area contributed by atoms with Gasteiger partial charge in [0.15, 0.2) is 5.76 Å². The average molecular weight is 407 g/mol. The summed E-state index contributed by atoms with van der Waals surface area (Å²) in [5, 5.41) is 2.07. The number of rotatable bonds is 2. The highest BCUT2D eigenvalue weighted by atomic mass is 32.2. The zero-order chi connectivity index (χ0) is 19.8. The summed E-state index contributed by atoms with van der Waals surface area (Å²) in [4.78, 5) is 29.8. The Morgan fingerprint density at radius 3 is 2.48 bits per heavy atom. The lowest BCUT2D eigenvalue weighted by molar-refractivity contribution is 0.0478. The second-order valence-electron chi connectivity index (χ2n) is 7.55. The summed E-state index contributed by atoms with van der Waals surface area (Å²) in [6.45, 7) is 2.02. The summed E-state index contributed by atoms with van der Waals surface area (Å²) >= 11 is 1.84. The molecule has 5 nitrogen and oxygen atoms in total. The molecule has 0 saturated carbocycles. The summed E-state index contributed by atoms with van der Waals surface area (Å²) in [5.41, 5.74) is 0.752. The van der Waals surface area contributed by atoms with Gasteiger partial charge in [0.1, 0.15) is 0 Å². The molecule has 6 heteroatoms. The smallest absolute Gasteiger partial charge is 0.290 e. The highest BCUT2D eigenvalue weighted by Crippen LogP contribution is 2.44. The monoisotopic (exact) mass is 406 g/mol. The minimum Gasteiger partial charge on any atom is -0.459 e. The summed E-state index contributed by atoms with van der Waals surface area (Å²) in [5.74, 6) is 1.34. The number of furan rings is 1. The van der Waals surface area contributed by atoms with Crippen molar-refractivity contribution in [2.75, 3.05) is 25.4 Å². The van der Waals surface area contributed by atoms with Crippen molar-refractivity contribution in [1.29, 1.82) is 0 Å². The Balaban J connectivity index is 1.34. The first kappa shape index (κ1) is 18.3. The van der Waals surface area contributed by atoms with Gasteiger partial charge in [0.25, 0.3) is 11.8 Å². The number of hydrogen-bond acceptors (Lipinski definition) is 4. The van der Waals surface area contributed by atoms with Crippen LogP contribution in [0.1, 0.15) is 33.8 Å². The third-order valence-electron chi connectivity index (χ3n) is 6.01. The van der Waals surface area contributed by atoms with E-state index in [2.05, 4.69) is 0 Å². The molecule has 148 valence electrons. The second kappa shape index (κ2) is 7.26. The number of fused-ring (bicyclic) bond motifs is 1. The van der Waals surface area contributed by atoms with Crippen molar-refractivity contribution in [2.24, 2.45) is 0 Å². The van der Waals surface area contributed by atoms with Gasteiger partial charge in [0.05, 0.1) is 11.1 Å². The van der Waals surface area contributed by atoms with Gasteiger partial charge in [-0.3, -0.25) is 9.59 Å². The van der Waals surface area contributed by atoms with Crippen LogP contribution in [-0.4, -0.2) is 51.9 Å². The van der Waals surface area contributed by atoms with Crippen LogP contribution < -0.4 is 0 Å². The van der Waals surface area contributed by atoms with Crippen LogP contribution in [0.4, 0.5) is 0 Å². The predicted octanol–water partition coefficient (Wildman–Crippen LogP) is 4.25. The maximum atomic E-state index is 13.2. The fourth-order valence-electron chi connectivity index (χ4n) is 4.48. The first-order valence-electron chi connectivity index (χ1n) is 9.94. The number of thioether (sulfide) groups is 1. The first-order chi connectivity index (χ1) is 14.2. The van der Waals surface area contributed by atoms with Gasteiger partial charge < -0.3 is 14.2 Å². The number of piperidine rings is 1. The Morgan fingerprint density at radius 2 is 1.69 bits per heavy atom. The Bertz CT molecular complexity index is 1050. The van der Waals surface area contributed by atoms with Crippen LogP contribution in [0, 0.1) is 0 Å². The van der Waals surface area contributed by atoms with E-state index in [-0.39, 0.29) is 16.7 Å². The van der Waals surface area contributed by atoms with Crippen molar-refractivity contribution in [3.05, 3.63) is 72.2 Å². The maximum Gasteiger partial charge on any atom is 0.290 e. The number of carbonyl (C=O) groups excluding carboxylic acids is 2. The van der Waals surface area contributed by atoms with E-state index in [1.165, 1.54) is 6.26 Å². The van der Waals surface area contributed by atoms with E-state index in [1.807, 2.05) is 64.0 Å². The molecule has 0 unspecified atom stereocenters. The fourth-order valence-corrected chi connectivity index (χ4v) is 5.94. The number of benzene rings is 2. The van der Waals surface area contributed by atoms with E-state index in [9.17, 15) is 9.59 Å². The molecule has 2 aliphatic rings. The van der Waals surface area contributed by atoms with Crippen molar-refractivity contribution in [3.63, 3.8) is 0 Å². The predicted molar refractivity (Wildman–Crippen MR) is 114 cm³/mol. The SMILES string of the molecule is O=C(c1cccc2ccccc12)N1CCC2(CC1)SCCN2C(=O)c1ccco1. The molecule has 1 aromatic heterocycles. The zero-order valence-electron chi connectivity index (χ0n) is 16.0. The van der Waals surface area contributed by atoms with Crippen LogP contribution in [0.2, 0.25) is 0 Å². The van der Waals surface area contributed by atoms with Gasteiger partial charge in [-0.1, -0.05) is 36.4 Å². The van der Waals surface area contributed by atoms with E-state index in [0.29, 0.717) is 18.8 Å². The Kier molecular flexibility index (Phi) is 4.59. The summed E-state index contributed by atoms with van der Waals surface area (Å²) in [6, 6.07) is 17.3. The zero-order valence-corrected chi connectivity index (χ0v) is 16.9. The summed E-state index contributed by atoms with van der Waals surface area (Å²) in [6.07, 6.45) is 3.09. The van der Waals surface area contributed by atoms with Crippen LogP contribution in [0.25, 0.3) is 10.8 Å². The lowest BCUT2D eigenvalue weighted by atomic mass is 9.99. The quantitative estimate of drug-likeness (QED) is 0.638. The van der Waals surface area contributed by atoms with Crippen LogP contribution in [0.3, 0.4) is 0 Å². The van der Waals surface area contributed by atoms with Crippen LogP contribution in [0.5, 0.6) is 0 Å². The molecule has 3 heterocycles. The summed E-state index contributed by atoms with van der Waals surface area (Å²) in [7, 11) is 0. The molecule has 0 radical (unpaired) electrons. The van der Waals surface area contributed by atoms with Crippen molar-refractivity contribution in [1.82, 2.24) is 9.80 Å². The molecule has 2 fully saturated rings. The molecule has 29 heavy (non-hydrogen) atoms.